The highest BCUT2D eigenvalue weighted by Crippen LogP contribution is 2.27. The average Bonchev–Trinajstić information content (AvgIpc) is 2.34. The molecular formula is C16H23F2N. The molecule has 1 fully saturated rings. The zero-order valence-electron chi connectivity index (χ0n) is 11.6. The van der Waals surface area contributed by atoms with Crippen molar-refractivity contribution in [2.24, 2.45) is 11.8 Å². The van der Waals surface area contributed by atoms with Crippen LogP contribution in [0, 0.1) is 23.5 Å². The van der Waals surface area contributed by atoms with Gasteiger partial charge in [0.15, 0.2) is 0 Å². The molecule has 1 aromatic carbocycles. The van der Waals surface area contributed by atoms with Crippen LogP contribution < -0.4 is 5.32 Å². The standard InChI is InChI=1S/C16H23F2N/c1-12-3-2-4-14(7-12)11-19-6-5-13-8-15(17)10-16(18)9-13/h8-10,12,14,19H,2-7,11H2,1H3. The van der Waals surface area contributed by atoms with Crippen LogP contribution in [0.2, 0.25) is 0 Å². The molecule has 0 saturated heterocycles. The first-order chi connectivity index (χ1) is 9.13. The second-order valence-electron chi connectivity index (χ2n) is 5.87. The van der Waals surface area contributed by atoms with E-state index in [-0.39, 0.29) is 0 Å². The Morgan fingerprint density at radius 3 is 2.58 bits per heavy atom. The molecule has 1 aromatic rings. The molecule has 0 heterocycles. The summed E-state index contributed by atoms with van der Waals surface area (Å²) in [4.78, 5) is 0. The predicted octanol–water partition coefficient (Wildman–Crippen LogP) is 3.92. The Morgan fingerprint density at radius 1 is 1.16 bits per heavy atom. The SMILES string of the molecule is CC1CCCC(CNCCc2cc(F)cc(F)c2)C1. The van der Waals surface area contributed by atoms with E-state index in [0.717, 1.165) is 36.6 Å². The van der Waals surface area contributed by atoms with Gasteiger partial charge >= 0.3 is 0 Å². The predicted molar refractivity (Wildman–Crippen MR) is 74.1 cm³/mol. The summed E-state index contributed by atoms with van der Waals surface area (Å²) in [5.74, 6) is 0.637. The summed E-state index contributed by atoms with van der Waals surface area (Å²) in [7, 11) is 0. The van der Waals surface area contributed by atoms with Crippen molar-refractivity contribution in [1.29, 1.82) is 0 Å². The number of benzene rings is 1. The molecule has 2 rings (SSSR count). The van der Waals surface area contributed by atoms with Crippen LogP contribution in [0.3, 0.4) is 0 Å². The van der Waals surface area contributed by atoms with Gasteiger partial charge < -0.3 is 5.32 Å². The Balaban J connectivity index is 1.68. The van der Waals surface area contributed by atoms with Gasteiger partial charge in [0, 0.05) is 6.07 Å². The van der Waals surface area contributed by atoms with Gasteiger partial charge in [0.25, 0.3) is 0 Å². The molecule has 1 aliphatic rings. The monoisotopic (exact) mass is 267 g/mol. The van der Waals surface area contributed by atoms with Crippen LogP contribution in [0.15, 0.2) is 18.2 Å². The molecule has 0 spiro atoms. The third-order valence-electron chi connectivity index (χ3n) is 3.99. The highest BCUT2D eigenvalue weighted by molar-refractivity contribution is 5.18. The molecule has 0 radical (unpaired) electrons. The second kappa shape index (κ2) is 6.99. The van der Waals surface area contributed by atoms with Gasteiger partial charge in [0.1, 0.15) is 11.6 Å². The molecule has 0 bridgehead atoms. The maximum Gasteiger partial charge on any atom is 0.126 e. The van der Waals surface area contributed by atoms with Crippen molar-refractivity contribution >= 4 is 0 Å². The van der Waals surface area contributed by atoms with Crippen molar-refractivity contribution in [2.75, 3.05) is 13.1 Å². The number of nitrogens with one attached hydrogen (secondary N) is 1. The smallest absolute Gasteiger partial charge is 0.126 e. The fourth-order valence-electron chi connectivity index (χ4n) is 3.04. The Kier molecular flexibility index (Phi) is 5.32. The van der Waals surface area contributed by atoms with Crippen LogP contribution in [0.25, 0.3) is 0 Å². The van der Waals surface area contributed by atoms with Crippen molar-refractivity contribution in [3.8, 4) is 0 Å². The summed E-state index contributed by atoms with van der Waals surface area (Å²) < 4.78 is 26.0. The van der Waals surface area contributed by atoms with Gasteiger partial charge in [-0.1, -0.05) is 19.8 Å². The molecule has 3 heteroatoms. The third-order valence-corrected chi connectivity index (χ3v) is 3.99. The largest absolute Gasteiger partial charge is 0.316 e. The number of hydrogen-bond acceptors (Lipinski definition) is 1. The summed E-state index contributed by atoms with van der Waals surface area (Å²) in [6.07, 6.45) is 5.99. The van der Waals surface area contributed by atoms with E-state index < -0.39 is 11.6 Å². The Hall–Kier alpha value is -0.960. The zero-order valence-corrected chi connectivity index (χ0v) is 11.6. The van der Waals surface area contributed by atoms with Crippen LogP contribution >= 0.6 is 0 Å². The van der Waals surface area contributed by atoms with E-state index in [2.05, 4.69) is 12.2 Å². The summed E-state index contributed by atoms with van der Waals surface area (Å²) >= 11 is 0. The Labute approximate surface area is 114 Å². The van der Waals surface area contributed by atoms with Crippen molar-refractivity contribution in [3.05, 3.63) is 35.4 Å². The lowest BCUT2D eigenvalue weighted by Crippen LogP contribution is -2.28. The van der Waals surface area contributed by atoms with E-state index in [0.29, 0.717) is 6.42 Å². The van der Waals surface area contributed by atoms with Crippen LogP contribution in [0.1, 0.15) is 38.2 Å². The molecule has 1 N–H and O–H groups in total. The molecule has 2 atom stereocenters. The lowest BCUT2D eigenvalue weighted by molar-refractivity contribution is 0.275. The van der Waals surface area contributed by atoms with E-state index in [1.807, 2.05) is 0 Å². The van der Waals surface area contributed by atoms with Crippen molar-refractivity contribution in [3.63, 3.8) is 0 Å². The van der Waals surface area contributed by atoms with Crippen LogP contribution in [-0.2, 0) is 6.42 Å². The van der Waals surface area contributed by atoms with Gasteiger partial charge in [-0.05, 0) is 61.9 Å². The molecule has 0 amide bonds. The third kappa shape index (κ3) is 4.90. The Bertz CT molecular complexity index is 385. The molecule has 1 saturated carbocycles. The second-order valence-corrected chi connectivity index (χ2v) is 5.87. The minimum absolute atomic E-state index is 0.490. The van der Waals surface area contributed by atoms with Gasteiger partial charge in [-0.25, -0.2) is 8.78 Å². The van der Waals surface area contributed by atoms with Crippen molar-refractivity contribution in [2.45, 2.75) is 39.0 Å². The fraction of sp³-hybridized carbons (Fsp3) is 0.625. The van der Waals surface area contributed by atoms with Crippen molar-refractivity contribution < 1.29 is 8.78 Å². The summed E-state index contributed by atoms with van der Waals surface area (Å²) in [5, 5.41) is 3.42. The van der Waals surface area contributed by atoms with Gasteiger partial charge in [-0.2, -0.15) is 0 Å². The van der Waals surface area contributed by atoms with Crippen LogP contribution in [0.4, 0.5) is 8.78 Å². The molecule has 1 aliphatic carbocycles. The zero-order chi connectivity index (χ0) is 13.7. The maximum absolute atomic E-state index is 13.0. The number of halogens is 2. The summed E-state index contributed by atoms with van der Waals surface area (Å²) in [5.41, 5.74) is 0.724. The average molecular weight is 267 g/mol. The van der Waals surface area contributed by atoms with E-state index >= 15 is 0 Å². The van der Waals surface area contributed by atoms with Gasteiger partial charge in [-0.3, -0.25) is 0 Å². The fourth-order valence-corrected chi connectivity index (χ4v) is 3.04. The van der Waals surface area contributed by atoms with Gasteiger partial charge in [0.2, 0.25) is 0 Å². The first kappa shape index (κ1) is 14.4. The van der Waals surface area contributed by atoms with Gasteiger partial charge in [0.05, 0.1) is 0 Å². The first-order valence-corrected chi connectivity index (χ1v) is 7.29. The van der Waals surface area contributed by atoms with Crippen molar-refractivity contribution in [1.82, 2.24) is 5.32 Å². The van der Waals surface area contributed by atoms with Crippen LogP contribution in [0.5, 0.6) is 0 Å². The van der Waals surface area contributed by atoms with Crippen LogP contribution in [-0.4, -0.2) is 13.1 Å². The summed E-state index contributed by atoms with van der Waals surface area (Å²) in [6.45, 7) is 4.14. The highest BCUT2D eigenvalue weighted by atomic mass is 19.1. The lowest BCUT2D eigenvalue weighted by Gasteiger charge is -2.26. The molecule has 19 heavy (non-hydrogen) atoms. The Morgan fingerprint density at radius 2 is 1.89 bits per heavy atom. The molecule has 0 aliphatic heterocycles. The van der Waals surface area contributed by atoms with Gasteiger partial charge in [-0.15, -0.1) is 0 Å². The number of hydrogen-bond donors (Lipinski definition) is 1. The molecular weight excluding hydrogens is 244 g/mol. The highest BCUT2D eigenvalue weighted by Gasteiger charge is 2.18. The van der Waals surface area contributed by atoms with E-state index in [4.69, 9.17) is 0 Å². The number of rotatable bonds is 5. The topological polar surface area (TPSA) is 12.0 Å². The minimum atomic E-state index is -0.490. The maximum atomic E-state index is 13.0. The van der Waals surface area contributed by atoms with E-state index in [1.54, 1.807) is 0 Å². The van der Waals surface area contributed by atoms with E-state index in [9.17, 15) is 8.78 Å². The first-order valence-electron chi connectivity index (χ1n) is 7.29. The summed E-state index contributed by atoms with van der Waals surface area (Å²) in [6, 6.07) is 3.74. The minimum Gasteiger partial charge on any atom is -0.316 e. The molecule has 1 nitrogen and oxygen atoms in total. The quantitative estimate of drug-likeness (QED) is 0.797. The molecule has 0 aromatic heterocycles. The molecule has 106 valence electrons. The molecule has 2 unspecified atom stereocenters. The normalized spacial score (nSPS) is 23.5. The lowest BCUT2D eigenvalue weighted by atomic mass is 9.82. The van der Waals surface area contributed by atoms with E-state index in [1.165, 1.54) is 37.8 Å².